The van der Waals surface area contributed by atoms with Crippen LogP contribution in [0.3, 0.4) is 0 Å². The van der Waals surface area contributed by atoms with Crippen molar-refractivity contribution in [2.24, 2.45) is 0 Å². The molecule has 0 bridgehead atoms. The summed E-state index contributed by atoms with van der Waals surface area (Å²) in [5, 5.41) is 9.83. The lowest BCUT2D eigenvalue weighted by Crippen LogP contribution is -2.42. The second-order valence-electron chi connectivity index (χ2n) is 4.87. The zero-order valence-electron chi connectivity index (χ0n) is 11.3. The van der Waals surface area contributed by atoms with Crippen molar-refractivity contribution in [3.05, 3.63) is 36.0 Å². The van der Waals surface area contributed by atoms with Crippen molar-refractivity contribution in [1.29, 1.82) is 0 Å². The number of carbonyl (C=O) groups is 1. The van der Waals surface area contributed by atoms with E-state index in [1.807, 2.05) is 24.3 Å². The van der Waals surface area contributed by atoms with Crippen LogP contribution in [0.1, 0.15) is 5.56 Å². The van der Waals surface area contributed by atoms with Gasteiger partial charge in [0.05, 0.1) is 13.0 Å². The zero-order valence-corrected chi connectivity index (χ0v) is 11.3. The van der Waals surface area contributed by atoms with Gasteiger partial charge in [0, 0.05) is 24.1 Å². The van der Waals surface area contributed by atoms with E-state index in [0.29, 0.717) is 5.56 Å². The number of nitrogens with zero attached hydrogens (tertiary/aromatic N) is 1. The first kappa shape index (κ1) is 15.4. The van der Waals surface area contributed by atoms with Crippen LogP contribution in [0.25, 0.3) is 10.9 Å². The Labute approximate surface area is 119 Å². The van der Waals surface area contributed by atoms with Crippen molar-refractivity contribution in [2.45, 2.75) is 18.7 Å². The number of alkyl halides is 3. The summed E-state index contributed by atoms with van der Waals surface area (Å²) in [4.78, 5) is 15.8. The van der Waals surface area contributed by atoms with E-state index >= 15 is 0 Å². The molecule has 2 aromatic rings. The molecule has 0 saturated carbocycles. The molecule has 0 aliphatic carbocycles. The summed E-state index contributed by atoms with van der Waals surface area (Å²) in [6, 6.07) is 7.34. The number of aliphatic hydroxyl groups is 1. The van der Waals surface area contributed by atoms with Crippen molar-refractivity contribution in [2.75, 3.05) is 13.6 Å². The predicted molar refractivity (Wildman–Crippen MR) is 71.7 cm³/mol. The van der Waals surface area contributed by atoms with E-state index in [1.54, 1.807) is 6.20 Å². The molecule has 0 radical (unpaired) electrons. The van der Waals surface area contributed by atoms with E-state index in [2.05, 4.69) is 4.98 Å². The highest BCUT2D eigenvalue weighted by Crippen LogP contribution is 2.21. The monoisotopic (exact) mass is 300 g/mol. The van der Waals surface area contributed by atoms with Crippen LogP contribution in [-0.4, -0.2) is 46.8 Å². The second kappa shape index (κ2) is 5.77. The molecule has 0 saturated heterocycles. The maximum Gasteiger partial charge on any atom is 0.416 e. The first-order valence-electron chi connectivity index (χ1n) is 6.33. The summed E-state index contributed by atoms with van der Waals surface area (Å²) in [7, 11) is 1.24. The van der Waals surface area contributed by atoms with Gasteiger partial charge in [-0.15, -0.1) is 0 Å². The Morgan fingerprint density at radius 1 is 1.38 bits per heavy atom. The van der Waals surface area contributed by atoms with Crippen molar-refractivity contribution in [3.8, 4) is 0 Å². The summed E-state index contributed by atoms with van der Waals surface area (Å²) in [5.74, 6) is -0.483. The van der Waals surface area contributed by atoms with Crippen LogP contribution in [0.15, 0.2) is 30.5 Å². The van der Waals surface area contributed by atoms with Crippen LogP contribution in [0.5, 0.6) is 0 Å². The first-order valence-corrected chi connectivity index (χ1v) is 6.33. The molecule has 0 spiro atoms. The molecule has 2 N–H and O–H groups in total. The second-order valence-corrected chi connectivity index (χ2v) is 4.87. The molecule has 0 fully saturated rings. The summed E-state index contributed by atoms with van der Waals surface area (Å²) in [6.07, 6.45) is -5.62. The summed E-state index contributed by atoms with van der Waals surface area (Å²) >= 11 is 0. The third-order valence-electron chi connectivity index (χ3n) is 3.27. The standard InChI is InChI=1S/C14H15F3N2O2/c1-19(8-12(20)14(15,16)17)13(21)6-9-7-18-11-5-3-2-4-10(9)11/h2-5,7,12,18,20H,6,8H2,1H3. The summed E-state index contributed by atoms with van der Waals surface area (Å²) in [6.45, 7) is -0.773. The van der Waals surface area contributed by atoms with Crippen LogP contribution < -0.4 is 0 Å². The normalized spacial score (nSPS) is 13.4. The number of halogens is 3. The third-order valence-corrected chi connectivity index (χ3v) is 3.27. The molecule has 7 heteroatoms. The fourth-order valence-corrected chi connectivity index (χ4v) is 2.04. The maximum absolute atomic E-state index is 12.3. The number of amides is 1. The molecular weight excluding hydrogens is 285 g/mol. The highest BCUT2D eigenvalue weighted by molar-refractivity contribution is 5.88. The van der Waals surface area contributed by atoms with E-state index in [1.165, 1.54) is 7.05 Å². The van der Waals surface area contributed by atoms with E-state index < -0.39 is 24.7 Å². The number of hydrogen-bond acceptors (Lipinski definition) is 2. The number of aliphatic hydroxyl groups excluding tert-OH is 1. The minimum absolute atomic E-state index is 0.0227. The van der Waals surface area contributed by atoms with Gasteiger partial charge in [-0.25, -0.2) is 0 Å². The van der Waals surface area contributed by atoms with Gasteiger partial charge in [-0.1, -0.05) is 18.2 Å². The number of aromatic amines is 1. The highest BCUT2D eigenvalue weighted by atomic mass is 19.4. The summed E-state index contributed by atoms with van der Waals surface area (Å²) in [5.41, 5.74) is 1.57. The zero-order chi connectivity index (χ0) is 15.6. The Bertz CT molecular complexity index is 636. The third kappa shape index (κ3) is 3.55. The molecule has 1 heterocycles. The Balaban J connectivity index is 2.04. The molecule has 114 valence electrons. The molecule has 21 heavy (non-hydrogen) atoms. The van der Waals surface area contributed by atoms with Crippen molar-refractivity contribution in [3.63, 3.8) is 0 Å². The summed E-state index contributed by atoms with van der Waals surface area (Å²) < 4.78 is 36.8. The van der Waals surface area contributed by atoms with Crippen molar-refractivity contribution < 1.29 is 23.1 Å². The maximum atomic E-state index is 12.3. The van der Waals surface area contributed by atoms with Crippen LogP contribution in [-0.2, 0) is 11.2 Å². The van der Waals surface area contributed by atoms with Crippen LogP contribution in [0.4, 0.5) is 13.2 Å². The number of carbonyl (C=O) groups excluding carboxylic acids is 1. The van der Waals surface area contributed by atoms with Gasteiger partial charge < -0.3 is 15.0 Å². The average molecular weight is 300 g/mol. The van der Waals surface area contributed by atoms with Gasteiger partial charge in [0.15, 0.2) is 6.10 Å². The van der Waals surface area contributed by atoms with Gasteiger partial charge >= 0.3 is 6.18 Å². The predicted octanol–water partition coefficient (Wildman–Crippen LogP) is 2.09. The molecule has 1 atom stereocenters. The number of likely N-dealkylation sites (N-methyl/N-ethyl adjacent to an activating group) is 1. The molecule has 1 aromatic heterocycles. The number of nitrogens with one attached hydrogen (secondary N) is 1. The number of hydrogen-bond donors (Lipinski definition) is 2. The number of aromatic nitrogens is 1. The van der Waals surface area contributed by atoms with E-state index in [0.717, 1.165) is 15.8 Å². The molecule has 1 aromatic carbocycles. The lowest BCUT2D eigenvalue weighted by atomic mass is 10.1. The smallest absolute Gasteiger partial charge is 0.382 e. The van der Waals surface area contributed by atoms with Gasteiger partial charge in [0.1, 0.15) is 0 Å². The van der Waals surface area contributed by atoms with Crippen molar-refractivity contribution >= 4 is 16.8 Å². The molecule has 2 rings (SSSR count). The SMILES string of the molecule is CN(CC(O)C(F)(F)F)C(=O)Cc1c[nH]c2ccccc12. The Hall–Kier alpha value is -2.02. The molecule has 0 aliphatic heterocycles. The van der Waals surface area contributed by atoms with E-state index in [9.17, 15) is 18.0 Å². The van der Waals surface area contributed by atoms with Gasteiger partial charge in [0.25, 0.3) is 0 Å². The quantitative estimate of drug-likeness (QED) is 0.908. The number of benzene rings is 1. The Kier molecular flexibility index (Phi) is 4.22. The lowest BCUT2D eigenvalue weighted by Gasteiger charge is -2.22. The molecule has 4 nitrogen and oxygen atoms in total. The van der Waals surface area contributed by atoms with Gasteiger partial charge in [-0.2, -0.15) is 13.2 Å². The topological polar surface area (TPSA) is 56.3 Å². The van der Waals surface area contributed by atoms with Crippen molar-refractivity contribution in [1.82, 2.24) is 9.88 Å². The first-order chi connectivity index (χ1) is 9.79. The fourth-order valence-electron chi connectivity index (χ4n) is 2.04. The number of para-hydroxylation sites is 1. The number of fused-ring (bicyclic) bond motifs is 1. The molecular formula is C14H15F3N2O2. The van der Waals surface area contributed by atoms with Gasteiger partial charge in [-0.3, -0.25) is 4.79 Å². The van der Waals surface area contributed by atoms with E-state index in [4.69, 9.17) is 5.11 Å². The largest absolute Gasteiger partial charge is 0.416 e. The Morgan fingerprint density at radius 3 is 2.71 bits per heavy atom. The number of rotatable bonds is 4. The van der Waals surface area contributed by atoms with Crippen LogP contribution >= 0.6 is 0 Å². The molecule has 0 aliphatic rings. The molecule has 1 unspecified atom stereocenters. The highest BCUT2D eigenvalue weighted by Gasteiger charge is 2.39. The number of H-pyrrole nitrogens is 1. The minimum Gasteiger partial charge on any atom is -0.382 e. The van der Waals surface area contributed by atoms with E-state index in [-0.39, 0.29) is 6.42 Å². The fraction of sp³-hybridized carbons (Fsp3) is 0.357. The molecule has 1 amide bonds. The van der Waals surface area contributed by atoms with Crippen LogP contribution in [0.2, 0.25) is 0 Å². The van der Waals surface area contributed by atoms with Gasteiger partial charge in [-0.05, 0) is 11.6 Å². The Morgan fingerprint density at radius 2 is 2.05 bits per heavy atom. The van der Waals surface area contributed by atoms with Crippen LogP contribution in [0, 0.1) is 0 Å². The lowest BCUT2D eigenvalue weighted by molar-refractivity contribution is -0.207. The average Bonchev–Trinajstić information content (AvgIpc) is 2.81. The minimum atomic E-state index is -4.73. The van der Waals surface area contributed by atoms with Gasteiger partial charge in [0.2, 0.25) is 5.91 Å².